The third kappa shape index (κ3) is 6.69. The first kappa shape index (κ1) is 27.8. The molecule has 3 aromatic carbocycles. The Balaban J connectivity index is 2.02. The van der Waals surface area contributed by atoms with E-state index in [1.54, 1.807) is 24.3 Å². The van der Waals surface area contributed by atoms with E-state index >= 15 is 4.39 Å². The second-order valence-corrected chi connectivity index (χ2v) is 9.17. The molecular formula is C28H33FN4O4. The summed E-state index contributed by atoms with van der Waals surface area (Å²) in [4.78, 5) is 39.3. The molecule has 3 aromatic rings. The van der Waals surface area contributed by atoms with Crippen LogP contribution in [-0.4, -0.2) is 53.0 Å². The lowest BCUT2D eigenvalue weighted by Crippen LogP contribution is -2.53. The highest BCUT2D eigenvalue weighted by Gasteiger charge is 2.34. The zero-order valence-corrected chi connectivity index (χ0v) is 20.8. The third-order valence-corrected chi connectivity index (χ3v) is 6.47. The summed E-state index contributed by atoms with van der Waals surface area (Å²) < 4.78 is 15.3. The van der Waals surface area contributed by atoms with Crippen LogP contribution in [0.4, 0.5) is 4.39 Å². The van der Waals surface area contributed by atoms with E-state index in [1.165, 1.54) is 11.0 Å². The number of amides is 2. The van der Waals surface area contributed by atoms with Gasteiger partial charge in [-0.15, -0.1) is 0 Å². The van der Waals surface area contributed by atoms with Crippen LogP contribution in [0.25, 0.3) is 10.8 Å². The maximum atomic E-state index is 15.3. The maximum absolute atomic E-state index is 15.3. The van der Waals surface area contributed by atoms with Crippen molar-refractivity contribution >= 4 is 28.6 Å². The first-order chi connectivity index (χ1) is 17.6. The number of rotatable bonds is 12. The molecule has 0 spiro atoms. The van der Waals surface area contributed by atoms with Crippen LogP contribution in [0.5, 0.6) is 0 Å². The van der Waals surface area contributed by atoms with Gasteiger partial charge in [0.25, 0.3) is 5.91 Å². The molecule has 0 heterocycles. The number of carboxylic acids is 1. The number of halogens is 1. The molecule has 0 saturated carbocycles. The van der Waals surface area contributed by atoms with Crippen LogP contribution in [0, 0.1) is 12.7 Å². The van der Waals surface area contributed by atoms with Crippen molar-refractivity contribution in [3.05, 3.63) is 82.7 Å². The molecule has 0 aliphatic rings. The summed E-state index contributed by atoms with van der Waals surface area (Å²) in [5, 5.41) is 10.9. The maximum Gasteiger partial charge on any atom is 0.326 e. The first-order valence-corrected chi connectivity index (χ1v) is 12.2. The van der Waals surface area contributed by atoms with E-state index < -0.39 is 35.7 Å². The summed E-state index contributed by atoms with van der Waals surface area (Å²) in [5.41, 5.74) is 18.9. The van der Waals surface area contributed by atoms with Crippen LogP contribution in [0.15, 0.2) is 54.6 Å². The van der Waals surface area contributed by atoms with Gasteiger partial charge in [0.2, 0.25) is 5.91 Å². The van der Waals surface area contributed by atoms with E-state index in [4.69, 9.17) is 17.2 Å². The molecule has 8 nitrogen and oxygen atoms in total. The first-order valence-electron chi connectivity index (χ1n) is 12.2. The summed E-state index contributed by atoms with van der Waals surface area (Å²) in [7, 11) is 0. The summed E-state index contributed by atoms with van der Waals surface area (Å²) in [5.74, 6) is -3.68. The third-order valence-electron chi connectivity index (χ3n) is 6.47. The lowest BCUT2D eigenvalue weighted by Gasteiger charge is -2.32. The van der Waals surface area contributed by atoms with E-state index in [0.29, 0.717) is 31.2 Å². The van der Waals surface area contributed by atoms with Gasteiger partial charge in [-0.05, 0) is 49.2 Å². The van der Waals surface area contributed by atoms with E-state index in [9.17, 15) is 19.5 Å². The van der Waals surface area contributed by atoms with Crippen molar-refractivity contribution in [2.75, 3.05) is 13.1 Å². The standard InChI is InChI=1S/C28H33FN4O4/c1-17-8-10-18(11-9-17)12-14-33(27(35)22(31)7-4-13-30)23(28(36)37)16-20-15-19-5-2-3-6-21(19)25(29)24(20)26(32)34/h2-3,5-6,8-11,15,22-23H,4,7,12-14,16,30-31H2,1H3,(H2,32,34)(H,36,37)/t22-,23+/m1/s1. The Morgan fingerprint density at radius 1 is 1.08 bits per heavy atom. The monoisotopic (exact) mass is 508 g/mol. The molecule has 9 heteroatoms. The molecule has 37 heavy (non-hydrogen) atoms. The number of aryl methyl sites for hydroxylation is 1. The Labute approximate surface area is 215 Å². The molecule has 0 fully saturated rings. The molecule has 7 N–H and O–H groups in total. The van der Waals surface area contributed by atoms with Crippen LogP contribution in [0.2, 0.25) is 0 Å². The molecule has 0 aromatic heterocycles. The lowest BCUT2D eigenvalue weighted by atomic mass is 9.93. The topological polar surface area (TPSA) is 153 Å². The summed E-state index contributed by atoms with van der Waals surface area (Å²) in [6.07, 6.45) is 0.852. The van der Waals surface area contributed by atoms with Crippen LogP contribution < -0.4 is 17.2 Å². The second kappa shape index (κ2) is 12.4. The fourth-order valence-electron chi connectivity index (χ4n) is 4.42. The van der Waals surface area contributed by atoms with Gasteiger partial charge in [0.1, 0.15) is 11.9 Å². The van der Waals surface area contributed by atoms with Gasteiger partial charge in [0.05, 0.1) is 11.6 Å². The predicted molar refractivity (Wildman–Crippen MR) is 140 cm³/mol. The van der Waals surface area contributed by atoms with Gasteiger partial charge in [0.15, 0.2) is 0 Å². The normalized spacial score (nSPS) is 12.8. The zero-order chi connectivity index (χ0) is 27.1. The van der Waals surface area contributed by atoms with Crippen LogP contribution in [-0.2, 0) is 22.4 Å². The molecule has 0 saturated heterocycles. The average molecular weight is 509 g/mol. The Kier molecular flexibility index (Phi) is 9.32. The number of nitrogens with zero attached hydrogens (tertiary/aromatic N) is 1. The molecular weight excluding hydrogens is 475 g/mol. The number of fused-ring (bicyclic) bond motifs is 1. The minimum absolute atomic E-state index is 0.0666. The van der Waals surface area contributed by atoms with Crippen molar-refractivity contribution in [3.8, 4) is 0 Å². The van der Waals surface area contributed by atoms with Crippen molar-refractivity contribution in [1.29, 1.82) is 0 Å². The number of hydrogen-bond acceptors (Lipinski definition) is 5. The second-order valence-electron chi connectivity index (χ2n) is 9.17. The molecule has 0 radical (unpaired) electrons. The molecule has 0 bridgehead atoms. The van der Waals surface area contributed by atoms with E-state index in [0.717, 1.165) is 11.1 Å². The van der Waals surface area contributed by atoms with Crippen molar-refractivity contribution < 1.29 is 23.9 Å². The Morgan fingerprint density at radius 3 is 2.38 bits per heavy atom. The number of nitrogens with two attached hydrogens (primary N) is 3. The zero-order valence-electron chi connectivity index (χ0n) is 20.8. The number of aliphatic carboxylic acids is 1. The van der Waals surface area contributed by atoms with Gasteiger partial charge in [-0.25, -0.2) is 9.18 Å². The average Bonchev–Trinajstić information content (AvgIpc) is 2.87. The Hall–Kier alpha value is -3.82. The lowest BCUT2D eigenvalue weighted by molar-refractivity contribution is -0.150. The number of carboxylic acid groups (broad SMARTS) is 1. The molecule has 0 unspecified atom stereocenters. The minimum Gasteiger partial charge on any atom is -0.480 e. The van der Waals surface area contributed by atoms with Crippen LogP contribution >= 0.6 is 0 Å². The molecule has 3 rings (SSSR count). The van der Waals surface area contributed by atoms with Gasteiger partial charge < -0.3 is 27.2 Å². The van der Waals surface area contributed by atoms with Gasteiger partial charge in [-0.2, -0.15) is 0 Å². The highest BCUT2D eigenvalue weighted by molar-refractivity contribution is 6.00. The fourth-order valence-corrected chi connectivity index (χ4v) is 4.42. The Bertz CT molecular complexity index is 1280. The smallest absolute Gasteiger partial charge is 0.326 e. The van der Waals surface area contributed by atoms with Gasteiger partial charge >= 0.3 is 5.97 Å². The fraction of sp³-hybridized carbons (Fsp3) is 0.321. The summed E-state index contributed by atoms with van der Waals surface area (Å²) in [6.45, 7) is 2.36. The van der Waals surface area contributed by atoms with Crippen molar-refractivity contribution in [1.82, 2.24) is 4.90 Å². The largest absolute Gasteiger partial charge is 0.480 e. The molecule has 196 valence electrons. The highest BCUT2D eigenvalue weighted by Crippen LogP contribution is 2.27. The molecule has 2 atom stereocenters. The summed E-state index contributed by atoms with van der Waals surface area (Å²) in [6, 6.07) is 13.4. The van der Waals surface area contributed by atoms with Gasteiger partial charge in [-0.3, -0.25) is 9.59 Å². The number of carbonyl (C=O) groups excluding carboxylic acids is 2. The number of hydrogen-bond donors (Lipinski definition) is 4. The molecule has 0 aliphatic heterocycles. The van der Waals surface area contributed by atoms with Gasteiger partial charge in [-0.1, -0.05) is 60.2 Å². The van der Waals surface area contributed by atoms with Gasteiger partial charge in [0, 0.05) is 18.4 Å². The van der Waals surface area contributed by atoms with Crippen molar-refractivity contribution in [2.45, 2.75) is 44.7 Å². The number of benzene rings is 3. The Morgan fingerprint density at radius 2 is 1.76 bits per heavy atom. The predicted octanol–water partition coefficient (Wildman–Crippen LogP) is 2.52. The van der Waals surface area contributed by atoms with E-state index in [2.05, 4.69) is 0 Å². The van der Waals surface area contributed by atoms with Crippen LogP contribution in [0.1, 0.15) is 39.9 Å². The summed E-state index contributed by atoms with van der Waals surface area (Å²) >= 11 is 0. The quantitative estimate of drug-likeness (QED) is 0.295. The van der Waals surface area contributed by atoms with E-state index in [-0.39, 0.29) is 29.5 Å². The SMILES string of the molecule is Cc1ccc(CCN(C(=O)[C@H](N)CCCN)[C@@H](Cc2cc3ccccc3c(F)c2C(N)=O)C(=O)O)cc1. The minimum atomic E-state index is -1.40. The number of carbonyl (C=O) groups is 3. The van der Waals surface area contributed by atoms with Crippen LogP contribution in [0.3, 0.4) is 0 Å². The molecule has 2 amide bonds. The number of primary amides is 1. The van der Waals surface area contributed by atoms with E-state index in [1.807, 2.05) is 31.2 Å². The molecule has 0 aliphatic carbocycles. The van der Waals surface area contributed by atoms with Crippen molar-refractivity contribution in [2.24, 2.45) is 17.2 Å². The highest BCUT2D eigenvalue weighted by atomic mass is 19.1. The van der Waals surface area contributed by atoms with Crippen molar-refractivity contribution in [3.63, 3.8) is 0 Å².